The molecule has 11 nitrogen and oxygen atoms in total. The van der Waals surface area contributed by atoms with Crippen LogP contribution in [0.3, 0.4) is 0 Å². The topological polar surface area (TPSA) is 159 Å². The van der Waals surface area contributed by atoms with Gasteiger partial charge in [0, 0.05) is 37.1 Å². The van der Waals surface area contributed by atoms with Crippen molar-refractivity contribution in [3.05, 3.63) is 101 Å². The summed E-state index contributed by atoms with van der Waals surface area (Å²) >= 11 is 1.56. The third-order valence-corrected chi connectivity index (χ3v) is 9.04. The summed E-state index contributed by atoms with van der Waals surface area (Å²) in [6.07, 6.45) is 5.23. The zero-order chi connectivity index (χ0) is 32.8. The van der Waals surface area contributed by atoms with Gasteiger partial charge in [0.2, 0.25) is 11.8 Å². The number of hydrogen-bond donors (Lipinski definition) is 5. The number of carbonyl (C=O) groups excluding carboxylic acids is 2. The Morgan fingerprint density at radius 1 is 0.872 bits per heavy atom. The molecule has 3 unspecified atom stereocenters. The number of aliphatic hydroxyl groups excluding tert-OH is 1. The number of hydroxylamine groups is 1. The number of unbranched alkanes of at least 4 members (excludes halogenated alkanes) is 3. The molecule has 1 saturated heterocycles. The molecule has 0 aliphatic carbocycles. The van der Waals surface area contributed by atoms with Gasteiger partial charge in [0.05, 0.1) is 18.8 Å². The monoisotopic (exact) mass is 659 g/mol. The molecular formula is C35H41N5O6S. The first-order valence-corrected chi connectivity index (χ1v) is 16.9. The van der Waals surface area contributed by atoms with E-state index in [4.69, 9.17) is 14.7 Å². The smallest absolute Gasteiger partial charge is 0.243 e. The number of nitrogens with zero attached hydrogens (tertiary/aromatic N) is 2. The molecule has 0 spiro atoms. The Hall–Kier alpha value is -4.07. The Morgan fingerprint density at radius 3 is 2.32 bits per heavy atom. The molecule has 12 heteroatoms. The van der Waals surface area contributed by atoms with Gasteiger partial charge >= 0.3 is 0 Å². The van der Waals surface area contributed by atoms with Gasteiger partial charge in [-0.3, -0.25) is 19.9 Å². The third-order valence-electron chi connectivity index (χ3n) is 8.03. The Bertz CT molecular complexity index is 1550. The second-order valence-electron chi connectivity index (χ2n) is 11.5. The number of aliphatic hydroxyl groups is 1. The van der Waals surface area contributed by atoms with Gasteiger partial charge in [0.25, 0.3) is 0 Å². The van der Waals surface area contributed by atoms with E-state index in [9.17, 15) is 14.7 Å². The highest BCUT2D eigenvalue weighted by atomic mass is 32.2. The number of hydrogen-bond acceptors (Lipinski definition) is 9. The van der Waals surface area contributed by atoms with Crippen molar-refractivity contribution >= 4 is 23.6 Å². The minimum absolute atomic E-state index is 0.000476. The van der Waals surface area contributed by atoms with Crippen molar-refractivity contribution in [2.24, 2.45) is 0 Å². The standard InChI is InChI=1S/C35H41N5O6S/c41-21-24-10-12-27(13-11-24)31-19-30(22-47-35-37-23-38-39-35)45-34(46-31)28-16-14-26(15-17-28)29-7-5-6-25(18-29)20-36-32(42)8-3-1-2-4-9-33(43)40-44/h5-7,10-18,23,30-31,34,41,44H,1-4,8-9,19-22H2,(H,36,42)(H,40,43)(H,37,38,39). The maximum atomic E-state index is 12.4. The van der Waals surface area contributed by atoms with E-state index in [-0.39, 0.29) is 37.0 Å². The number of H-pyrrole nitrogens is 1. The van der Waals surface area contributed by atoms with Crippen LogP contribution in [0.1, 0.15) is 79.6 Å². The van der Waals surface area contributed by atoms with Crippen molar-refractivity contribution in [3.63, 3.8) is 0 Å². The van der Waals surface area contributed by atoms with E-state index in [0.29, 0.717) is 31.6 Å². The molecule has 0 radical (unpaired) electrons. The molecule has 5 rings (SSSR count). The highest BCUT2D eigenvalue weighted by molar-refractivity contribution is 7.99. The quantitative estimate of drug-likeness (QED) is 0.0436. The van der Waals surface area contributed by atoms with Crippen molar-refractivity contribution in [2.45, 2.75) is 81.8 Å². The number of aromatic nitrogens is 3. The molecule has 3 aromatic carbocycles. The third kappa shape index (κ3) is 10.5. The predicted molar refractivity (Wildman–Crippen MR) is 177 cm³/mol. The lowest BCUT2D eigenvalue weighted by Gasteiger charge is -2.36. The van der Waals surface area contributed by atoms with E-state index in [1.165, 1.54) is 6.33 Å². The van der Waals surface area contributed by atoms with Crippen LogP contribution in [0.4, 0.5) is 0 Å². The van der Waals surface area contributed by atoms with E-state index >= 15 is 0 Å². The van der Waals surface area contributed by atoms with Gasteiger partial charge in [0.1, 0.15) is 6.33 Å². The molecule has 0 saturated carbocycles. The lowest BCUT2D eigenvalue weighted by molar-refractivity contribution is -0.245. The maximum absolute atomic E-state index is 12.4. The van der Waals surface area contributed by atoms with E-state index in [1.807, 2.05) is 54.6 Å². The molecule has 1 aliphatic heterocycles. The van der Waals surface area contributed by atoms with Crippen LogP contribution in [0.5, 0.6) is 0 Å². The molecule has 2 heterocycles. The largest absolute Gasteiger partial charge is 0.392 e. The summed E-state index contributed by atoms with van der Waals surface area (Å²) in [5.74, 6) is 0.306. The lowest BCUT2D eigenvalue weighted by Crippen LogP contribution is -2.31. The Labute approximate surface area is 278 Å². The summed E-state index contributed by atoms with van der Waals surface area (Å²) in [5, 5.41) is 28.6. The van der Waals surface area contributed by atoms with Gasteiger partial charge in [-0.25, -0.2) is 10.5 Å². The minimum atomic E-state index is -0.553. The number of amides is 2. The molecular weight excluding hydrogens is 618 g/mol. The van der Waals surface area contributed by atoms with Crippen LogP contribution in [0.25, 0.3) is 11.1 Å². The second-order valence-corrected chi connectivity index (χ2v) is 12.5. The first-order valence-electron chi connectivity index (χ1n) is 15.9. The van der Waals surface area contributed by atoms with Crippen molar-refractivity contribution in [1.29, 1.82) is 0 Å². The molecule has 1 fully saturated rings. The second kappa shape index (κ2) is 17.7. The van der Waals surface area contributed by atoms with Gasteiger partial charge in [-0.1, -0.05) is 91.3 Å². The summed E-state index contributed by atoms with van der Waals surface area (Å²) in [6, 6.07) is 24.1. The number of carbonyl (C=O) groups is 2. The lowest BCUT2D eigenvalue weighted by atomic mass is 9.99. The normalized spacial score (nSPS) is 17.7. The van der Waals surface area contributed by atoms with Crippen LogP contribution in [0, 0.1) is 0 Å². The maximum Gasteiger partial charge on any atom is 0.243 e. The van der Waals surface area contributed by atoms with Crippen LogP contribution in [-0.2, 0) is 32.2 Å². The minimum Gasteiger partial charge on any atom is -0.392 e. The van der Waals surface area contributed by atoms with Crippen LogP contribution in [-0.4, -0.2) is 49.2 Å². The van der Waals surface area contributed by atoms with E-state index < -0.39 is 6.29 Å². The summed E-state index contributed by atoms with van der Waals surface area (Å²) in [7, 11) is 0. The molecule has 3 atom stereocenters. The highest BCUT2D eigenvalue weighted by Crippen LogP contribution is 2.39. The van der Waals surface area contributed by atoms with Crippen molar-refractivity contribution in [1.82, 2.24) is 26.0 Å². The number of rotatable bonds is 16. The Morgan fingerprint density at radius 2 is 1.62 bits per heavy atom. The summed E-state index contributed by atoms with van der Waals surface area (Å²) in [4.78, 5) is 27.6. The fourth-order valence-electron chi connectivity index (χ4n) is 5.42. The number of ether oxygens (including phenoxy) is 2. The van der Waals surface area contributed by atoms with Gasteiger partial charge in [-0.15, -0.1) is 0 Å². The highest BCUT2D eigenvalue weighted by Gasteiger charge is 2.32. The molecule has 5 N–H and O–H groups in total. The molecule has 0 bridgehead atoms. The SMILES string of the molecule is O=C(CCCCCCC(=O)NCc1cccc(-c2ccc(C3OC(CSc4ncn[nH]4)CC(c4ccc(CO)cc4)O3)cc2)c1)NO. The van der Waals surface area contributed by atoms with Crippen LogP contribution in [0.15, 0.2) is 84.3 Å². The average Bonchev–Trinajstić information content (AvgIpc) is 3.65. The van der Waals surface area contributed by atoms with E-state index in [2.05, 4.69) is 38.7 Å². The average molecular weight is 660 g/mol. The van der Waals surface area contributed by atoms with Crippen LogP contribution >= 0.6 is 11.8 Å². The van der Waals surface area contributed by atoms with Gasteiger partial charge in [-0.05, 0) is 46.7 Å². The molecule has 2 amide bonds. The molecule has 248 valence electrons. The number of benzene rings is 3. The Kier molecular flexibility index (Phi) is 12.9. The summed E-state index contributed by atoms with van der Waals surface area (Å²) < 4.78 is 12.9. The molecule has 1 aromatic heterocycles. The van der Waals surface area contributed by atoms with Gasteiger partial charge < -0.3 is 19.9 Å². The van der Waals surface area contributed by atoms with Crippen molar-refractivity contribution in [2.75, 3.05) is 5.75 Å². The number of aromatic amines is 1. The Balaban J connectivity index is 1.17. The van der Waals surface area contributed by atoms with Crippen LogP contribution in [0.2, 0.25) is 0 Å². The molecule has 1 aliphatic rings. The van der Waals surface area contributed by atoms with Gasteiger partial charge in [0.15, 0.2) is 11.4 Å². The fraction of sp³-hybridized carbons (Fsp3) is 0.371. The molecule has 4 aromatic rings. The number of thioether (sulfide) groups is 1. The first kappa shape index (κ1) is 34.3. The van der Waals surface area contributed by atoms with Crippen molar-refractivity contribution < 1.29 is 29.4 Å². The first-order chi connectivity index (χ1) is 23.0. The molecule has 47 heavy (non-hydrogen) atoms. The van der Waals surface area contributed by atoms with E-state index in [0.717, 1.165) is 57.8 Å². The zero-order valence-corrected chi connectivity index (χ0v) is 27.0. The summed E-state index contributed by atoms with van der Waals surface area (Å²) in [5.41, 5.74) is 7.54. The zero-order valence-electron chi connectivity index (χ0n) is 26.1. The predicted octanol–water partition coefficient (Wildman–Crippen LogP) is 5.76. The summed E-state index contributed by atoms with van der Waals surface area (Å²) in [6.45, 7) is 0.440. The van der Waals surface area contributed by atoms with E-state index in [1.54, 1.807) is 17.2 Å². The number of nitrogens with one attached hydrogen (secondary N) is 3. The van der Waals surface area contributed by atoms with Crippen molar-refractivity contribution in [3.8, 4) is 11.1 Å². The van der Waals surface area contributed by atoms with Gasteiger partial charge in [-0.2, -0.15) is 5.10 Å². The fourth-order valence-corrected chi connectivity index (χ4v) is 6.22. The van der Waals surface area contributed by atoms with Crippen LogP contribution < -0.4 is 10.8 Å².